The Morgan fingerprint density at radius 2 is 1.02 bits per heavy atom. The first-order valence-corrected chi connectivity index (χ1v) is 12.4. The normalized spacial score (nSPS) is 11.8. The summed E-state index contributed by atoms with van der Waals surface area (Å²) in [6.45, 7) is -4.57. The van der Waals surface area contributed by atoms with Crippen molar-refractivity contribution >= 4 is 15.9 Å². The van der Waals surface area contributed by atoms with Crippen molar-refractivity contribution in [1.29, 1.82) is 0 Å². The fourth-order valence-electron chi connectivity index (χ4n) is 3.16. The monoisotopic (exact) mass is 688 g/mol. The Bertz CT molecular complexity index is 1500. The molecule has 0 aromatic carbocycles. The van der Waals surface area contributed by atoms with Crippen LogP contribution in [0, 0.1) is 6.92 Å². The van der Waals surface area contributed by atoms with Crippen molar-refractivity contribution in [2.24, 2.45) is 0 Å². The van der Waals surface area contributed by atoms with Gasteiger partial charge in [-0.05, 0) is 19.1 Å². The maximum absolute atomic E-state index is 12.4. The number of hydrogen-bond donors (Lipinski definition) is 0. The number of rotatable bonds is 7. The Balaban J connectivity index is 0.000000236. The topological polar surface area (TPSA) is 95.8 Å². The van der Waals surface area contributed by atoms with Gasteiger partial charge in [0.2, 0.25) is 11.6 Å². The van der Waals surface area contributed by atoms with Crippen LogP contribution in [0.2, 0.25) is 0 Å². The second-order valence-electron chi connectivity index (χ2n) is 7.97. The highest BCUT2D eigenvalue weighted by Crippen LogP contribution is 2.34. The summed E-state index contributed by atoms with van der Waals surface area (Å²) in [6, 6.07) is 2.79. The van der Waals surface area contributed by atoms with Gasteiger partial charge < -0.3 is 9.47 Å². The fraction of sp³-hybridized carbons (Fsp3) is 0.250. The van der Waals surface area contributed by atoms with E-state index in [4.69, 9.17) is 0 Å². The third kappa shape index (κ3) is 9.42. The molecule has 4 aromatic rings. The minimum Gasteiger partial charge on any atom is -0.433 e. The molecule has 230 valence electrons. The van der Waals surface area contributed by atoms with E-state index in [1.54, 1.807) is 6.92 Å². The maximum atomic E-state index is 12.4. The third-order valence-corrected chi connectivity index (χ3v) is 5.50. The molecule has 0 fully saturated rings. The predicted molar refractivity (Wildman–Crippen MR) is 131 cm³/mol. The molecule has 0 aliphatic carbocycles. The SMILES string of the molecule is Cc1cc(-c2cnc(C(F)(F)F)nc2)c(OC(F)F)cn1.FC(F)Oc1cnc(CBr)cc1-c1cnc(C(F)(F)F)nc1. The molecular formula is C24H15BrF10N6O2. The number of aryl methyl sites for hydroxylation is 1. The molecule has 0 amide bonds. The van der Waals surface area contributed by atoms with E-state index < -0.39 is 37.2 Å². The minimum atomic E-state index is -4.68. The van der Waals surface area contributed by atoms with Crippen LogP contribution in [-0.4, -0.2) is 43.1 Å². The molecule has 0 N–H and O–H groups in total. The van der Waals surface area contributed by atoms with Gasteiger partial charge in [0.05, 0.1) is 18.1 Å². The lowest BCUT2D eigenvalue weighted by Crippen LogP contribution is -2.10. The standard InChI is InChI=1S/C12H7BrF5N3O.C12H8F5N3O/c13-2-7-1-8(9(5-19-7)22-11(14)15)6-3-20-10(21-4-6)12(16,17)18;1-6-2-8(9(5-18-6)21-11(13)14)7-3-19-10(20-4-7)12(15,16)17/h1,3-5,11H,2H2;2-5,11H,1H3. The molecule has 43 heavy (non-hydrogen) atoms. The minimum absolute atomic E-state index is 0.105. The summed E-state index contributed by atoms with van der Waals surface area (Å²) >= 11 is 3.15. The van der Waals surface area contributed by atoms with Gasteiger partial charge in [0.1, 0.15) is 0 Å². The Labute approximate surface area is 243 Å². The van der Waals surface area contributed by atoms with Crippen molar-refractivity contribution in [3.63, 3.8) is 0 Å². The van der Waals surface area contributed by atoms with E-state index >= 15 is 0 Å². The van der Waals surface area contributed by atoms with Gasteiger partial charge in [-0.15, -0.1) is 0 Å². The van der Waals surface area contributed by atoms with Crippen LogP contribution in [0.1, 0.15) is 23.0 Å². The lowest BCUT2D eigenvalue weighted by molar-refractivity contribution is -0.145. The number of nitrogens with zero attached hydrogens (tertiary/aromatic N) is 6. The van der Waals surface area contributed by atoms with E-state index in [9.17, 15) is 43.9 Å². The number of pyridine rings is 2. The van der Waals surface area contributed by atoms with Crippen LogP contribution in [0.4, 0.5) is 43.9 Å². The molecule has 0 bridgehead atoms. The highest BCUT2D eigenvalue weighted by molar-refractivity contribution is 9.08. The molecule has 0 aliphatic heterocycles. The van der Waals surface area contributed by atoms with E-state index in [2.05, 4.69) is 55.3 Å². The van der Waals surface area contributed by atoms with Crippen molar-refractivity contribution in [3.05, 3.63) is 72.4 Å². The third-order valence-electron chi connectivity index (χ3n) is 4.93. The van der Waals surface area contributed by atoms with Crippen molar-refractivity contribution < 1.29 is 53.4 Å². The molecule has 0 radical (unpaired) electrons. The average molecular weight is 689 g/mol. The van der Waals surface area contributed by atoms with Crippen LogP contribution >= 0.6 is 15.9 Å². The Kier molecular flexibility index (Phi) is 10.8. The zero-order chi connectivity index (χ0) is 31.9. The first kappa shape index (κ1) is 33.3. The molecule has 0 atom stereocenters. The number of aromatic nitrogens is 6. The molecule has 19 heteroatoms. The van der Waals surface area contributed by atoms with Gasteiger partial charge in [-0.2, -0.15) is 43.9 Å². The van der Waals surface area contributed by atoms with Gasteiger partial charge in [-0.25, -0.2) is 19.9 Å². The summed E-state index contributed by atoms with van der Waals surface area (Å²) in [6.07, 6.45) is -3.66. The molecule has 4 heterocycles. The Hall–Kier alpha value is -4.16. The maximum Gasteiger partial charge on any atom is 0.451 e. The first-order valence-electron chi connectivity index (χ1n) is 11.3. The van der Waals surface area contributed by atoms with Gasteiger partial charge in [0, 0.05) is 58.1 Å². The summed E-state index contributed by atoms with van der Waals surface area (Å²) in [5.41, 5.74) is 1.44. The second kappa shape index (κ2) is 13.9. The largest absolute Gasteiger partial charge is 0.451 e. The summed E-state index contributed by atoms with van der Waals surface area (Å²) in [4.78, 5) is 20.4. The zero-order valence-corrected chi connectivity index (χ0v) is 22.7. The summed E-state index contributed by atoms with van der Waals surface area (Å²) in [7, 11) is 0. The van der Waals surface area contributed by atoms with Gasteiger partial charge in [-0.1, -0.05) is 15.9 Å². The smallest absolute Gasteiger partial charge is 0.433 e. The molecule has 0 saturated carbocycles. The van der Waals surface area contributed by atoms with Gasteiger partial charge >= 0.3 is 25.6 Å². The summed E-state index contributed by atoms with van der Waals surface area (Å²) in [5, 5.41) is 0.330. The summed E-state index contributed by atoms with van der Waals surface area (Å²) in [5.74, 6) is -3.17. The molecule has 4 aromatic heterocycles. The van der Waals surface area contributed by atoms with E-state index in [1.165, 1.54) is 12.1 Å². The van der Waals surface area contributed by atoms with E-state index in [-0.39, 0.29) is 33.8 Å². The molecular weight excluding hydrogens is 674 g/mol. The number of alkyl halides is 11. The zero-order valence-electron chi connectivity index (χ0n) is 21.1. The van der Waals surface area contributed by atoms with Crippen LogP contribution in [-0.2, 0) is 17.7 Å². The van der Waals surface area contributed by atoms with Crippen LogP contribution in [0.3, 0.4) is 0 Å². The van der Waals surface area contributed by atoms with E-state index in [0.717, 1.165) is 37.2 Å². The molecule has 8 nitrogen and oxygen atoms in total. The van der Waals surface area contributed by atoms with Crippen LogP contribution in [0.25, 0.3) is 22.3 Å². The van der Waals surface area contributed by atoms with Crippen molar-refractivity contribution in [3.8, 4) is 33.8 Å². The van der Waals surface area contributed by atoms with E-state index in [1.807, 2.05) is 0 Å². The average Bonchev–Trinajstić information content (AvgIpc) is 2.93. The van der Waals surface area contributed by atoms with Crippen LogP contribution < -0.4 is 9.47 Å². The quantitative estimate of drug-likeness (QED) is 0.145. The van der Waals surface area contributed by atoms with Crippen molar-refractivity contribution in [2.75, 3.05) is 0 Å². The van der Waals surface area contributed by atoms with Crippen molar-refractivity contribution in [1.82, 2.24) is 29.9 Å². The van der Waals surface area contributed by atoms with Gasteiger partial charge in [0.25, 0.3) is 0 Å². The Morgan fingerprint density at radius 3 is 1.40 bits per heavy atom. The molecule has 0 aliphatic rings. The summed E-state index contributed by atoms with van der Waals surface area (Å²) < 4.78 is 132. The van der Waals surface area contributed by atoms with Crippen molar-refractivity contribution in [2.45, 2.75) is 37.8 Å². The lowest BCUT2D eigenvalue weighted by atomic mass is 10.1. The number of hydrogen-bond acceptors (Lipinski definition) is 8. The van der Waals surface area contributed by atoms with Crippen LogP contribution in [0.5, 0.6) is 11.5 Å². The van der Waals surface area contributed by atoms with Gasteiger partial charge in [-0.3, -0.25) is 9.97 Å². The van der Waals surface area contributed by atoms with Crippen LogP contribution in [0.15, 0.2) is 49.3 Å². The lowest BCUT2D eigenvalue weighted by Gasteiger charge is -2.12. The molecule has 0 spiro atoms. The molecule has 0 unspecified atom stereocenters. The van der Waals surface area contributed by atoms with Gasteiger partial charge in [0.15, 0.2) is 11.5 Å². The predicted octanol–water partition coefficient (Wildman–Crippen LogP) is 7.52. The molecule has 0 saturated heterocycles. The Morgan fingerprint density at radius 1 is 0.628 bits per heavy atom. The number of halogens is 11. The molecule has 4 rings (SSSR count). The van der Waals surface area contributed by atoms with E-state index in [0.29, 0.717) is 16.7 Å². The first-order chi connectivity index (χ1) is 20.1. The second-order valence-corrected chi connectivity index (χ2v) is 8.53. The number of ether oxygens (including phenoxy) is 2. The highest BCUT2D eigenvalue weighted by Gasteiger charge is 2.35. The fourth-order valence-corrected chi connectivity index (χ4v) is 3.47. The highest BCUT2D eigenvalue weighted by atomic mass is 79.9.